The fourth-order valence-electron chi connectivity index (χ4n) is 11.4. The van der Waals surface area contributed by atoms with Gasteiger partial charge in [-0.15, -0.1) is 0 Å². The number of carbonyl (C=O) groups is 11. The van der Waals surface area contributed by atoms with E-state index in [9.17, 15) is 66.2 Å². The molecule has 0 aliphatic carbocycles. The highest BCUT2D eigenvalue weighted by molar-refractivity contribution is 6.00. The Morgan fingerprint density at radius 2 is 0.876 bits per heavy atom. The molecule has 10 atom stereocenters. The number of phenolic OH excluding ortho intramolecular Hbond substituents is 1. The van der Waals surface area contributed by atoms with Crippen LogP contribution in [0, 0.1) is 40.9 Å². The van der Waals surface area contributed by atoms with E-state index in [1.165, 1.54) is 36.4 Å². The van der Waals surface area contributed by atoms with Crippen molar-refractivity contribution in [3.8, 4) is 5.75 Å². The number of hydrogen-bond donors (Lipinski definition) is 13. The Morgan fingerprint density at radius 1 is 0.474 bits per heavy atom. The van der Waals surface area contributed by atoms with Crippen LogP contribution in [-0.4, -0.2) is 155 Å². The minimum atomic E-state index is -2.54. The number of amides is 11. The Kier molecular flexibility index (Phi) is 28.8. The van der Waals surface area contributed by atoms with Crippen molar-refractivity contribution in [2.24, 2.45) is 29.0 Å². The number of nitrogens with zero attached hydrogens (tertiary/aromatic N) is 1. The number of primary amides is 1. The molecule has 0 bridgehead atoms. The monoisotopic (exact) mass is 1360 g/mol. The molecule has 526 valence electrons. The quantitative estimate of drug-likeness (QED) is 0.0256. The molecule has 0 radical (unpaired) electrons. The van der Waals surface area contributed by atoms with Gasteiger partial charge in [-0.1, -0.05) is 100 Å². The fourth-order valence-corrected chi connectivity index (χ4v) is 11.4. The zero-order valence-corrected chi connectivity index (χ0v) is 54.3. The standard InChI is InChI=1S/C67H86F5N13O12/c1-35(2)29-44-60(90)83-49(32-38-17-9-6-10-18-38)67(97)85-28-14-21-50(85)65(95)82-47(33-41-52(68)54(70)56(72)55(71)53(41)69)62(92)80-45(30-37-15-7-5-8-16-37)61(91)81-48(34-51(75)87)63(93)76-42(19-11-12-26-73)58(88)79-46(31-39-22-24-40(86)25-23-39)64(94)84-57(36(3)4)66(96)77-43(20-13-27-74)59(89)78-44/h5-10,15-18,22-25,35-36,42-50,57,86H,11-14,19-21,26-34,73-74H2,1-4H3,(H2,75,87)(H,76,93)(H,77,96)(H,78,89)(H,79,88)(H,80,92)(H,81,91)(H,82,95)(H,83,90)(H,84,94)/t42-,43-,44-,45+,46-,47-,48-,49+,50-,57-/m0/s1. The van der Waals surface area contributed by atoms with Gasteiger partial charge in [-0.2, -0.15) is 0 Å². The molecule has 30 heteroatoms. The minimum Gasteiger partial charge on any atom is -0.508 e. The van der Waals surface area contributed by atoms with Gasteiger partial charge in [0.2, 0.25) is 70.8 Å². The Bertz CT molecular complexity index is 3420. The van der Waals surface area contributed by atoms with Gasteiger partial charge in [0.1, 0.15) is 66.2 Å². The second-order valence-electron chi connectivity index (χ2n) is 24.9. The normalized spacial score (nSPS) is 23.4. The van der Waals surface area contributed by atoms with Crippen LogP contribution in [0.4, 0.5) is 22.0 Å². The van der Waals surface area contributed by atoms with E-state index in [0.717, 1.165) is 4.90 Å². The molecule has 25 nitrogen and oxygen atoms in total. The molecule has 16 N–H and O–H groups in total. The van der Waals surface area contributed by atoms with Gasteiger partial charge in [-0.25, -0.2) is 22.0 Å². The zero-order chi connectivity index (χ0) is 71.2. The first-order valence-electron chi connectivity index (χ1n) is 32.2. The number of carbonyl (C=O) groups excluding carboxylic acids is 11. The van der Waals surface area contributed by atoms with Crippen molar-refractivity contribution in [2.45, 2.75) is 172 Å². The largest absolute Gasteiger partial charge is 0.508 e. The van der Waals surface area contributed by atoms with E-state index in [2.05, 4.69) is 47.9 Å². The van der Waals surface area contributed by atoms with Crippen LogP contribution in [0.15, 0.2) is 84.9 Å². The van der Waals surface area contributed by atoms with Crippen LogP contribution in [0.5, 0.6) is 5.75 Å². The predicted octanol–water partition coefficient (Wildman–Crippen LogP) is 1.17. The molecule has 2 aliphatic heterocycles. The third kappa shape index (κ3) is 22.0. The first-order chi connectivity index (χ1) is 46.1. The smallest absolute Gasteiger partial charge is 0.246 e. The summed E-state index contributed by atoms with van der Waals surface area (Å²) in [5.41, 5.74) is 17.0. The molecule has 11 amide bonds. The van der Waals surface area contributed by atoms with Crippen molar-refractivity contribution >= 4 is 65.0 Å². The molecule has 0 aromatic heterocycles. The number of nitrogens with one attached hydrogen (secondary N) is 9. The van der Waals surface area contributed by atoms with E-state index in [1.807, 2.05) is 0 Å². The number of aromatic hydroxyl groups is 1. The third-order valence-electron chi connectivity index (χ3n) is 16.5. The lowest BCUT2D eigenvalue weighted by Gasteiger charge is -2.32. The van der Waals surface area contributed by atoms with Crippen molar-refractivity contribution in [1.82, 2.24) is 52.8 Å². The van der Waals surface area contributed by atoms with Crippen molar-refractivity contribution in [3.05, 3.63) is 136 Å². The molecule has 4 aromatic rings. The van der Waals surface area contributed by atoms with Gasteiger partial charge in [0.25, 0.3) is 0 Å². The van der Waals surface area contributed by atoms with Crippen LogP contribution in [0.2, 0.25) is 0 Å². The van der Waals surface area contributed by atoms with Crippen LogP contribution in [-0.2, 0) is 78.4 Å². The minimum absolute atomic E-state index is 0.0409. The summed E-state index contributed by atoms with van der Waals surface area (Å²) < 4.78 is 75.9. The topological polar surface area (TPSA) is 398 Å². The summed E-state index contributed by atoms with van der Waals surface area (Å²) >= 11 is 0. The fraction of sp³-hybridized carbons (Fsp3) is 0.478. The molecule has 6 rings (SSSR count). The summed E-state index contributed by atoms with van der Waals surface area (Å²) in [6.45, 7) is 6.68. The van der Waals surface area contributed by atoms with Gasteiger partial charge in [0.05, 0.1) is 6.42 Å². The number of nitrogens with two attached hydrogens (primary N) is 3. The molecular weight excluding hydrogens is 1270 g/mol. The number of benzene rings is 4. The van der Waals surface area contributed by atoms with Crippen LogP contribution in [0.3, 0.4) is 0 Å². The number of halogens is 5. The van der Waals surface area contributed by atoms with E-state index < -0.39 is 185 Å². The van der Waals surface area contributed by atoms with E-state index in [0.29, 0.717) is 23.1 Å². The molecule has 0 spiro atoms. The first kappa shape index (κ1) is 76.4. The maximum atomic E-state index is 15.7. The summed E-state index contributed by atoms with van der Waals surface area (Å²) in [5, 5.41) is 33.1. The lowest BCUT2D eigenvalue weighted by atomic mass is 9.98. The summed E-state index contributed by atoms with van der Waals surface area (Å²) in [4.78, 5) is 161. The van der Waals surface area contributed by atoms with Crippen LogP contribution < -0.4 is 65.1 Å². The van der Waals surface area contributed by atoms with Gasteiger partial charge in [-0.3, -0.25) is 52.7 Å². The molecule has 2 saturated heterocycles. The maximum absolute atomic E-state index is 15.7. The zero-order valence-electron chi connectivity index (χ0n) is 54.3. The lowest BCUT2D eigenvalue weighted by Crippen LogP contribution is -2.62. The maximum Gasteiger partial charge on any atom is 0.246 e. The van der Waals surface area contributed by atoms with Crippen molar-refractivity contribution in [1.29, 1.82) is 0 Å². The van der Waals surface area contributed by atoms with Gasteiger partial charge in [-0.05, 0) is 105 Å². The summed E-state index contributed by atoms with van der Waals surface area (Å²) in [7, 11) is 0. The van der Waals surface area contributed by atoms with Gasteiger partial charge in [0.15, 0.2) is 23.3 Å². The molecule has 97 heavy (non-hydrogen) atoms. The summed E-state index contributed by atoms with van der Waals surface area (Å²) in [6.07, 6.45) is -3.21. The van der Waals surface area contributed by atoms with E-state index >= 15 is 13.6 Å². The number of phenols is 1. The van der Waals surface area contributed by atoms with Crippen LogP contribution in [0.25, 0.3) is 0 Å². The second-order valence-corrected chi connectivity index (χ2v) is 24.9. The van der Waals surface area contributed by atoms with Gasteiger partial charge in [0, 0.05) is 37.8 Å². The molecule has 4 aromatic carbocycles. The highest BCUT2D eigenvalue weighted by Gasteiger charge is 2.42. The van der Waals surface area contributed by atoms with Crippen LogP contribution >= 0.6 is 0 Å². The Morgan fingerprint density at radius 3 is 1.39 bits per heavy atom. The molecule has 0 saturated carbocycles. The highest BCUT2D eigenvalue weighted by Crippen LogP contribution is 2.26. The second kappa shape index (κ2) is 36.5. The first-order valence-corrected chi connectivity index (χ1v) is 32.2. The molecule has 2 fully saturated rings. The predicted molar refractivity (Wildman–Crippen MR) is 343 cm³/mol. The SMILES string of the molecule is CC(C)C[C@@H]1NC(=O)[C@H](CCCN)NC(=O)[C@H](C(C)C)NC(=O)[C@H](Cc2ccc(O)cc2)NC(=O)[C@H](CCCCN)NC(=O)[C@H](CC(N)=O)NC(=O)[C@@H](Cc2ccccc2)NC(=O)[C@H](Cc2c(F)c(F)c(F)c(F)c2F)NC(=O)[C@@H]2CCCN2C(=O)[C@@H](Cc2ccccc2)NC1=O. The summed E-state index contributed by atoms with van der Waals surface area (Å²) in [6, 6.07) is 4.79. The number of hydrogen-bond acceptors (Lipinski definition) is 14. The number of rotatable bonds is 20. The Labute approximate surface area is 557 Å². The van der Waals surface area contributed by atoms with Crippen molar-refractivity contribution in [3.63, 3.8) is 0 Å². The van der Waals surface area contributed by atoms with Crippen molar-refractivity contribution < 1.29 is 79.8 Å². The van der Waals surface area contributed by atoms with E-state index in [-0.39, 0.29) is 89.1 Å². The number of fused-ring (bicyclic) bond motifs is 1. The average molecular weight is 1360 g/mol. The van der Waals surface area contributed by atoms with E-state index in [4.69, 9.17) is 17.2 Å². The molecule has 2 aliphatic rings. The lowest BCUT2D eigenvalue weighted by molar-refractivity contribution is -0.142. The van der Waals surface area contributed by atoms with E-state index in [1.54, 1.807) is 76.2 Å². The highest BCUT2D eigenvalue weighted by atomic mass is 19.2. The molecule has 0 unspecified atom stereocenters. The third-order valence-corrected chi connectivity index (χ3v) is 16.5. The number of unbranched alkanes of at least 4 members (excludes halogenated alkanes) is 1. The van der Waals surface area contributed by atoms with Gasteiger partial charge >= 0.3 is 0 Å². The van der Waals surface area contributed by atoms with Gasteiger partial charge < -0.3 is 75.1 Å². The summed E-state index contributed by atoms with van der Waals surface area (Å²) in [5.74, 6) is -25.1. The average Bonchev–Trinajstić information content (AvgIpc) is 1.18. The Balaban J connectivity index is 1.51. The molecular formula is C67H86F5N13O12. The van der Waals surface area contributed by atoms with Crippen LogP contribution in [0.1, 0.15) is 108 Å². The molecule has 2 heterocycles. The van der Waals surface area contributed by atoms with Crippen molar-refractivity contribution in [2.75, 3.05) is 19.6 Å². The Hall–Kier alpha value is -9.58.